The van der Waals surface area contributed by atoms with Gasteiger partial charge in [-0.1, -0.05) is 0 Å². The third-order valence-electron chi connectivity index (χ3n) is 3.37. The maximum absolute atomic E-state index is 11.9. The minimum absolute atomic E-state index is 0.00363. The van der Waals surface area contributed by atoms with E-state index in [0.29, 0.717) is 5.92 Å². The van der Waals surface area contributed by atoms with Gasteiger partial charge in [0, 0.05) is 36.3 Å². The molecular formula is C13H16N2O2. The van der Waals surface area contributed by atoms with E-state index in [-0.39, 0.29) is 5.56 Å². The maximum Gasteiger partial charge on any atom is 0.272 e. The molecule has 2 aromatic heterocycles. The van der Waals surface area contributed by atoms with Gasteiger partial charge in [-0.05, 0) is 25.5 Å². The summed E-state index contributed by atoms with van der Waals surface area (Å²) in [6.07, 6.45) is 3.08. The quantitative estimate of drug-likeness (QED) is 0.856. The van der Waals surface area contributed by atoms with Gasteiger partial charge in [0.15, 0.2) is 0 Å². The van der Waals surface area contributed by atoms with Gasteiger partial charge in [-0.15, -0.1) is 0 Å². The molecule has 4 heteroatoms. The summed E-state index contributed by atoms with van der Waals surface area (Å²) in [5.74, 6) is 0.534. The molecule has 1 fully saturated rings. The number of fused-ring (bicyclic) bond motifs is 1. The number of ether oxygens (including phenoxy) is 1. The number of nitrogens with one attached hydrogen (secondary N) is 1. The van der Waals surface area contributed by atoms with Crippen molar-refractivity contribution in [3.63, 3.8) is 0 Å². The fourth-order valence-electron chi connectivity index (χ4n) is 2.53. The van der Waals surface area contributed by atoms with Crippen molar-refractivity contribution in [2.45, 2.75) is 19.9 Å². The summed E-state index contributed by atoms with van der Waals surface area (Å²) < 4.78 is 7.42. The Hall–Kier alpha value is -1.55. The number of nitrogens with zero attached hydrogens (tertiary/aromatic N) is 1. The van der Waals surface area contributed by atoms with E-state index in [1.807, 2.05) is 29.8 Å². The molecule has 0 aliphatic carbocycles. The Morgan fingerprint density at radius 1 is 1.59 bits per heavy atom. The van der Waals surface area contributed by atoms with Crippen LogP contribution in [0.3, 0.4) is 0 Å². The molecule has 1 N–H and O–H groups in total. The van der Waals surface area contributed by atoms with Crippen LogP contribution in [0.4, 0.5) is 0 Å². The third-order valence-corrected chi connectivity index (χ3v) is 3.37. The highest BCUT2D eigenvalue weighted by atomic mass is 16.5. The first-order valence-corrected chi connectivity index (χ1v) is 6.00. The van der Waals surface area contributed by atoms with E-state index in [1.54, 1.807) is 0 Å². The van der Waals surface area contributed by atoms with E-state index in [0.717, 1.165) is 42.8 Å². The molecule has 0 bridgehead atoms. The number of hydrogen-bond acceptors (Lipinski definition) is 2. The van der Waals surface area contributed by atoms with E-state index in [1.165, 1.54) is 0 Å². The number of aromatic amines is 1. The topological polar surface area (TPSA) is 47.0 Å². The Balaban J connectivity index is 2.02. The first-order chi connectivity index (χ1) is 8.24. The number of aryl methyl sites for hydroxylation is 1. The van der Waals surface area contributed by atoms with Gasteiger partial charge in [0.1, 0.15) is 5.52 Å². The van der Waals surface area contributed by atoms with Crippen molar-refractivity contribution in [2.75, 3.05) is 13.2 Å². The molecule has 3 heterocycles. The first kappa shape index (κ1) is 10.6. The maximum atomic E-state index is 11.9. The summed E-state index contributed by atoms with van der Waals surface area (Å²) in [6.45, 7) is 4.43. The van der Waals surface area contributed by atoms with Crippen LogP contribution in [0.1, 0.15) is 12.1 Å². The van der Waals surface area contributed by atoms with Gasteiger partial charge in [-0.2, -0.15) is 0 Å². The Labute approximate surface area is 99.2 Å². The zero-order valence-corrected chi connectivity index (χ0v) is 9.90. The molecule has 1 aliphatic heterocycles. The molecule has 0 radical (unpaired) electrons. The van der Waals surface area contributed by atoms with Crippen LogP contribution in [0, 0.1) is 12.8 Å². The van der Waals surface area contributed by atoms with Crippen molar-refractivity contribution in [1.29, 1.82) is 0 Å². The second kappa shape index (κ2) is 4.04. The van der Waals surface area contributed by atoms with E-state index in [4.69, 9.17) is 4.74 Å². The highest BCUT2D eigenvalue weighted by Crippen LogP contribution is 2.18. The van der Waals surface area contributed by atoms with Crippen LogP contribution in [-0.4, -0.2) is 22.8 Å². The molecule has 3 rings (SSSR count). The van der Waals surface area contributed by atoms with E-state index >= 15 is 0 Å². The van der Waals surface area contributed by atoms with Crippen molar-refractivity contribution < 1.29 is 4.74 Å². The molecule has 2 aromatic rings. The number of aromatic nitrogens is 2. The molecule has 4 nitrogen and oxygen atoms in total. The SMILES string of the molecule is Cc1cc2ccn(CC3CCOC3)c2c(=O)[nH]1. The monoisotopic (exact) mass is 232 g/mol. The van der Waals surface area contributed by atoms with Gasteiger partial charge in [0.25, 0.3) is 5.56 Å². The van der Waals surface area contributed by atoms with Crippen LogP contribution in [0.5, 0.6) is 0 Å². The number of pyridine rings is 1. The summed E-state index contributed by atoms with van der Waals surface area (Å²) >= 11 is 0. The molecule has 0 amide bonds. The highest BCUT2D eigenvalue weighted by molar-refractivity contribution is 5.79. The van der Waals surface area contributed by atoms with E-state index in [2.05, 4.69) is 4.98 Å². The molecule has 1 aliphatic rings. The molecule has 1 atom stereocenters. The number of H-pyrrole nitrogens is 1. The molecule has 0 spiro atoms. The van der Waals surface area contributed by atoms with Crippen LogP contribution in [0.15, 0.2) is 23.1 Å². The molecule has 1 saturated heterocycles. The molecule has 1 unspecified atom stereocenters. The Kier molecular flexibility index (Phi) is 2.52. The predicted octanol–water partition coefficient (Wildman–Crippen LogP) is 1.67. The zero-order chi connectivity index (χ0) is 11.8. The summed E-state index contributed by atoms with van der Waals surface area (Å²) in [7, 11) is 0. The van der Waals surface area contributed by atoms with Gasteiger partial charge >= 0.3 is 0 Å². The number of rotatable bonds is 2. The number of hydrogen-bond donors (Lipinski definition) is 1. The lowest BCUT2D eigenvalue weighted by Crippen LogP contribution is -2.15. The second-order valence-electron chi connectivity index (χ2n) is 4.78. The largest absolute Gasteiger partial charge is 0.381 e. The van der Waals surface area contributed by atoms with Crippen molar-refractivity contribution >= 4 is 10.9 Å². The average Bonchev–Trinajstić information content (AvgIpc) is 2.88. The smallest absolute Gasteiger partial charge is 0.272 e. The zero-order valence-electron chi connectivity index (χ0n) is 9.90. The summed E-state index contributed by atoms with van der Waals surface area (Å²) in [5, 5.41) is 1.02. The third kappa shape index (κ3) is 1.89. The van der Waals surface area contributed by atoms with E-state index < -0.39 is 0 Å². The van der Waals surface area contributed by atoms with Crippen molar-refractivity contribution in [1.82, 2.24) is 9.55 Å². The second-order valence-corrected chi connectivity index (χ2v) is 4.78. The molecule has 17 heavy (non-hydrogen) atoms. The summed E-state index contributed by atoms with van der Waals surface area (Å²) in [5.41, 5.74) is 1.69. The van der Waals surface area contributed by atoms with Crippen LogP contribution in [0.2, 0.25) is 0 Å². The standard InChI is InChI=1S/C13H16N2O2/c1-9-6-11-2-4-15(12(11)13(16)14-9)7-10-3-5-17-8-10/h2,4,6,10H,3,5,7-8H2,1H3,(H,14,16). The van der Waals surface area contributed by atoms with Gasteiger partial charge in [0.2, 0.25) is 0 Å². The van der Waals surface area contributed by atoms with Crippen molar-refractivity contribution in [3.05, 3.63) is 34.4 Å². The molecular weight excluding hydrogens is 216 g/mol. The highest BCUT2D eigenvalue weighted by Gasteiger charge is 2.17. The molecule has 0 saturated carbocycles. The fourth-order valence-corrected chi connectivity index (χ4v) is 2.53. The first-order valence-electron chi connectivity index (χ1n) is 6.00. The van der Waals surface area contributed by atoms with Crippen LogP contribution < -0.4 is 5.56 Å². The normalized spacial score (nSPS) is 20.2. The molecule has 90 valence electrons. The van der Waals surface area contributed by atoms with Crippen molar-refractivity contribution in [2.24, 2.45) is 5.92 Å². The Bertz CT molecular complexity index is 591. The van der Waals surface area contributed by atoms with Crippen molar-refractivity contribution in [3.8, 4) is 0 Å². The predicted molar refractivity (Wildman–Crippen MR) is 66.2 cm³/mol. The van der Waals surface area contributed by atoms with Crippen LogP contribution in [0.25, 0.3) is 10.9 Å². The van der Waals surface area contributed by atoms with Gasteiger partial charge in [-0.25, -0.2) is 0 Å². The lowest BCUT2D eigenvalue weighted by atomic mass is 10.1. The summed E-state index contributed by atoms with van der Waals surface area (Å²) in [6, 6.07) is 4.02. The fraction of sp³-hybridized carbons (Fsp3) is 0.462. The van der Waals surface area contributed by atoms with Crippen LogP contribution >= 0.6 is 0 Å². The minimum atomic E-state index is 0.00363. The Morgan fingerprint density at radius 2 is 2.47 bits per heavy atom. The lowest BCUT2D eigenvalue weighted by molar-refractivity contribution is 0.183. The minimum Gasteiger partial charge on any atom is -0.381 e. The molecule has 0 aromatic carbocycles. The summed E-state index contributed by atoms with van der Waals surface area (Å²) in [4.78, 5) is 14.8. The van der Waals surface area contributed by atoms with Gasteiger partial charge in [0.05, 0.1) is 6.61 Å². The average molecular weight is 232 g/mol. The van der Waals surface area contributed by atoms with Crippen LogP contribution in [-0.2, 0) is 11.3 Å². The van der Waals surface area contributed by atoms with Gasteiger partial charge < -0.3 is 14.3 Å². The van der Waals surface area contributed by atoms with Gasteiger partial charge in [-0.3, -0.25) is 4.79 Å². The Morgan fingerprint density at radius 3 is 3.24 bits per heavy atom. The van der Waals surface area contributed by atoms with E-state index in [9.17, 15) is 4.79 Å². The lowest BCUT2D eigenvalue weighted by Gasteiger charge is -2.09.